The quantitative estimate of drug-likeness (QED) is 0.689. The Morgan fingerprint density at radius 1 is 1.38 bits per heavy atom. The highest BCUT2D eigenvalue weighted by molar-refractivity contribution is 5.74. The number of rotatable bonds is 2. The maximum atomic E-state index is 6.67. The van der Waals surface area contributed by atoms with Crippen molar-refractivity contribution < 1.29 is 0 Å². The van der Waals surface area contributed by atoms with Gasteiger partial charge in [0.1, 0.15) is 5.82 Å². The Balaban J connectivity index is 2.34. The molecule has 0 aliphatic rings. The minimum atomic E-state index is 0.500. The van der Waals surface area contributed by atoms with Gasteiger partial charge in [-0.3, -0.25) is 0 Å². The molecule has 1 aromatic carbocycles. The molecule has 3 nitrogen and oxygen atoms in total. The maximum Gasteiger partial charge on any atom is 0.221 e. The van der Waals surface area contributed by atoms with Gasteiger partial charge in [0.15, 0.2) is 0 Å². The zero-order chi connectivity index (χ0) is 9.10. The van der Waals surface area contributed by atoms with E-state index in [2.05, 4.69) is 14.8 Å². The molecule has 0 saturated heterocycles. The van der Waals surface area contributed by atoms with Crippen molar-refractivity contribution in [2.24, 2.45) is 0 Å². The molecule has 0 fully saturated rings. The molecule has 64 valence electrons. The molecule has 0 amide bonds. The summed E-state index contributed by atoms with van der Waals surface area (Å²) in [5, 5.41) is 0. The fraction of sp³-hybridized carbons (Fsp3) is 0.200. The number of hydrogen-bond donors (Lipinski definition) is 1. The normalized spacial score (nSPS) is 10.1. The van der Waals surface area contributed by atoms with Gasteiger partial charge in [-0.2, -0.15) is 0 Å². The summed E-state index contributed by atoms with van der Waals surface area (Å²) in [4.78, 5) is 10.8. The van der Waals surface area contributed by atoms with Crippen LogP contribution < -0.4 is 0 Å². The van der Waals surface area contributed by atoms with Gasteiger partial charge in [-0.1, -0.05) is 12.1 Å². The Hall–Kier alpha value is -1.82. The largest absolute Gasteiger partial charge is 0.342 e. The second-order valence-corrected chi connectivity index (χ2v) is 2.83. The van der Waals surface area contributed by atoms with Gasteiger partial charge in [-0.05, 0) is 12.1 Å². The van der Waals surface area contributed by atoms with Gasteiger partial charge in [0, 0.05) is 0 Å². The van der Waals surface area contributed by atoms with Gasteiger partial charge in [-0.15, -0.1) is 0 Å². The number of nitrogens with zero attached hydrogens (tertiary/aromatic N) is 2. The van der Waals surface area contributed by atoms with Gasteiger partial charge in [-0.25, -0.2) is 11.6 Å². The van der Waals surface area contributed by atoms with Crippen LogP contribution in [0.5, 0.6) is 0 Å². The number of aromatic amines is 1. The van der Waals surface area contributed by atoms with Gasteiger partial charge in [0.25, 0.3) is 0 Å². The molecule has 0 unspecified atom stereocenters. The van der Waals surface area contributed by atoms with Crippen LogP contribution in [0.3, 0.4) is 0 Å². The Bertz CT molecular complexity index is 417. The molecule has 1 heterocycles. The Morgan fingerprint density at radius 2 is 2.23 bits per heavy atom. The molecular weight excluding hydrogens is 162 g/mol. The van der Waals surface area contributed by atoms with E-state index in [1.807, 2.05) is 24.3 Å². The zero-order valence-electron chi connectivity index (χ0n) is 7.12. The van der Waals surface area contributed by atoms with Crippen molar-refractivity contribution in [3.05, 3.63) is 41.5 Å². The smallest absolute Gasteiger partial charge is 0.221 e. The first-order valence-electron chi connectivity index (χ1n) is 4.17. The molecule has 1 N–H and O–H groups in total. The highest BCUT2D eigenvalue weighted by atomic mass is 14.9. The summed E-state index contributed by atoms with van der Waals surface area (Å²) in [6, 6.07) is 7.89. The topological polar surface area (TPSA) is 33.0 Å². The molecule has 0 atom stereocenters. The van der Waals surface area contributed by atoms with Crippen molar-refractivity contribution in [2.45, 2.75) is 6.42 Å². The van der Waals surface area contributed by atoms with E-state index in [9.17, 15) is 0 Å². The predicted molar refractivity (Wildman–Crippen MR) is 51.3 cm³/mol. The standard InChI is InChI=1S/C10H9N3/c1-11-7-6-10-12-8-4-2-3-5-9(8)13-10/h2-5H,6-7H2,(H,12,13). The van der Waals surface area contributed by atoms with E-state index in [0.29, 0.717) is 13.0 Å². The van der Waals surface area contributed by atoms with E-state index < -0.39 is 0 Å². The Kier molecular flexibility index (Phi) is 1.97. The predicted octanol–water partition coefficient (Wildman–Crippen LogP) is 2.02. The van der Waals surface area contributed by atoms with Crippen molar-refractivity contribution in [3.8, 4) is 0 Å². The molecule has 0 aliphatic carbocycles. The van der Waals surface area contributed by atoms with E-state index in [4.69, 9.17) is 6.57 Å². The van der Waals surface area contributed by atoms with Crippen molar-refractivity contribution in [2.75, 3.05) is 6.54 Å². The monoisotopic (exact) mass is 171 g/mol. The zero-order valence-corrected chi connectivity index (χ0v) is 7.12. The summed E-state index contributed by atoms with van der Waals surface area (Å²) in [5.41, 5.74) is 2.02. The van der Waals surface area contributed by atoms with Gasteiger partial charge < -0.3 is 9.83 Å². The molecule has 13 heavy (non-hydrogen) atoms. The molecule has 0 radical (unpaired) electrons. The first kappa shape index (κ1) is 7.81. The number of aromatic nitrogens is 2. The van der Waals surface area contributed by atoms with Gasteiger partial charge in [0.05, 0.1) is 17.5 Å². The number of para-hydroxylation sites is 2. The summed E-state index contributed by atoms with van der Waals surface area (Å²) in [6.07, 6.45) is 0.707. The van der Waals surface area contributed by atoms with Crippen LogP contribution in [0, 0.1) is 6.57 Å². The van der Waals surface area contributed by atoms with Crippen LogP contribution in [-0.2, 0) is 6.42 Å². The average molecular weight is 171 g/mol. The number of fused-ring (bicyclic) bond motifs is 1. The van der Waals surface area contributed by atoms with Crippen molar-refractivity contribution >= 4 is 11.0 Å². The lowest BCUT2D eigenvalue weighted by atomic mass is 10.3. The van der Waals surface area contributed by atoms with E-state index in [1.165, 1.54) is 0 Å². The fourth-order valence-electron chi connectivity index (χ4n) is 1.29. The first-order chi connectivity index (χ1) is 6.40. The van der Waals surface area contributed by atoms with E-state index in [0.717, 1.165) is 16.9 Å². The van der Waals surface area contributed by atoms with Crippen molar-refractivity contribution in [1.82, 2.24) is 9.97 Å². The number of nitrogens with one attached hydrogen (secondary N) is 1. The molecule has 0 spiro atoms. The molecule has 2 aromatic rings. The van der Waals surface area contributed by atoms with E-state index in [-0.39, 0.29) is 0 Å². The van der Waals surface area contributed by atoms with Crippen LogP contribution in [-0.4, -0.2) is 16.5 Å². The maximum absolute atomic E-state index is 6.67. The number of benzene rings is 1. The molecular formula is C10H9N3. The average Bonchev–Trinajstić information content (AvgIpc) is 2.57. The minimum absolute atomic E-state index is 0.500. The SMILES string of the molecule is [C-]#[N+]CCc1nc2ccccc2[nH]1. The van der Waals surface area contributed by atoms with E-state index >= 15 is 0 Å². The summed E-state index contributed by atoms with van der Waals surface area (Å²) in [5.74, 6) is 0.900. The Morgan fingerprint density at radius 3 is 3.00 bits per heavy atom. The second kappa shape index (κ2) is 3.28. The molecule has 0 saturated carbocycles. The second-order valence-electron chi connectivity index (χ2n) is 2.83. The van der Waals surface area contributed by atoms with Crippen molar-refractivity contribution in [1.29, 1.82) is 0 Å². The summed E-state index contributed by atoms with van der Waals surface area (Å²) in [7, 11) is 0. The van der Waals surface area contributed by atoms with Crippen molar-refractivity contribution in [3.63, 3.8) is 0 Å². The Labute approximate surface area is 76.2 Å². The lowest BCUT2D eigenvalue weighted by Crippen LogP contribution is -1.89. The van der Waals surface area contributed by atoms with Crippen LogP contribution >= 0.6 is 0 Å². The number of hydrogen-bond acceptors (Lipinski definition) is 1. The third-order valence-corrected chi connectivity index (χ3v) is 1.90. The van der Waals surface area contributed by atoms with Crippen LogP contribution in [0.25, 0.3) is 15.9 Å². The fourth-order valence-corrected chi connectivity index (χ4v) is 1.29. The third kappa shape index (κ3) is 1.52. The van der Waals surface area contributed by atoms with Gasteiger partial charge >= 0.3 is 0 Å². The first-order valence-corrected chi connectivity index (χ1v) is 4.17. The third-order valence-electron chi connectivity index (χ3n) is 1.90. The molecule has 0 aliphatic heterocycles. The highest BCUT2D eigenvalue weighted by Gasteiger charge is 2.01. The summed E-state index contributed by atoms with van der Waals surface area (Å²) < 4.78 is 0. The van der Waals surface area contributed by atoms with Crippen LogP contribution in [0.1, 0.15) is 5.82 Å². The summed E-state index contributed by atoms with van der Waals surface area (Å²) >= 11 is 0. The molecule has 2 rings (SSSR count). The van der Waals surface area contributed by atoms with Crippen LogP contribution in [0.15, 0.2) is 24.3 Å². The molecule has 1 aromatic heterocycles. The highest BCUT2D eigenvalue weighted by Crippen LogP contribution is 2.10. The lowest BCUT2D eigenvalue weighted by molar-refractivity contribution is 0.968. The summed E-state index contributed by atoms with van der Waals surface area (Å²) in [6.45, 7) is 7.17. The van der Waals surface area contributed by atoms with Crippen LogP contribution in [0.2, 0.25) is 0 Å². The van der Waals surface area contributed by atoms with Crippen LogP contribution in [0.4, 0.5) is 0 Å². The number of H-pyrrole nitrogens is 1. The molecule has 3 heteroatoms. The lowest BCUT2D eigenvalue weighted by Gasteiger charge is -1.84. The van der Waals surface area contributed by atoms with E-state index in [1.54, 1.807) is 0 Å². The number of imidazole rings is 1. The minimum Gasteiger partial charge on any atom is -0.342 e. The molecule has 0 bridgehead atoms. The van der Waals surface area contributed by atoms with Gasteiger partial charge in [0.2, 0.25) is 6.54 Å².